The third-order valence-corrected chi connectivity index (χ3v) is 3.43. The first-order chi connectivity index (χ1) is 9.16. The number of unbranched alkanes of at least 4 members (excludes halogenated alkanes) is 9. The zero-order valence-electron chi connectivity index (χ0n) is 12.5. The van der Waals surface area contributed by atoms with Crippen LogP contribution in [0.2, 0.25) is 0 Å². The van der Waals surface area contributed by atoms with Crippen LogP contribution in [0.1, 0.15) is 90.4 Å². The number of carboxylic acids is 1. The maximum Gasteiger partial charge on any atom is 0.303 e. The fourth-order valence-electron chi connectivity index (χ4n) is 2.18. The average Bonchev–Trinajstić information content (AvgIpc) is 2.38. The van der Waals surface area contributed by atoms with Crippen LogP contribution in [0.3, 0.4) is 0 Å². The first-order valence-electron chi connectivity index (χ1n) is 7.90. The molecule has 112 valence electrons. The number of hydrogen-bond acceptors (Lipinski definition) is 2. The van der Waals surface area contributed by atoms with E-state index in [2.05, 4.69) is 6.92 Å². The largest absolute Gasteiger partial charge is 0.481 e. The highest BCUT2D eigenvalue weighted by atomic mass is 16.4. The molecule has 0 rings (SSSR count). The summed E-state index contributed by atoms with van der Waals surface area (Å²) in [5.74, 6) is -0.779. The number of rotatable bonds is 14. The van der Waals surface area contributed by atoms with Crippen molar-refractivity contribution in [1.82, 2.24) is 0 Å². The van der Waals surface area contributed by atoms with Crippen molar-refractivity contribution in [1.29, 1.82) is 0 Å². The van der Waals surface area contributed by atoms with Gasteiger partial charge in [-0.1, -0.05) is 64.7 Å². The minimum atomic E-state index is -0.878. The predicted octanol–water partition coefficient (Wildman–Crippen LogP) is 4.73. The normalized spacial score (nSPS) is 10.6. The minimum absolute atomic E-state index is 0.0173. The van der Waals surface area contributed by atoms with E-state index in [4.69, 9.17) is 5.11 Å². The highest BCUT2D eigenvalue weighted by molar-refractivity contribution is 5.82. The quantitative estimate of drug-likeness (QED) is 0.464. The molecule has 0 aliphatic carbocycles. The van der Waals surface area contributed by atoms with Gasteiger partial charge in [0.05, 0.1) is 6.42 Å². The van der Waals surface area contributed by atoms with E-state index in [1.54, 1.807) is 0 Å². The molecule has 3 nitrogen and oxygen atoms in total. The molecule has 0 bridgehead atoms. The van der Waals surface area contributed by atoms with Crippen molar-refractivity contribution in [2.45, 2.75) is 90.4 Å². The van der Waals surface area contributed by atoms with Gasteiger partial charge in [0.1, 0.15) is 5.78 Å². The Morgan fingerprint density at radius 1 is 0.684 bits per heavy atom. The molecule has 0 saturated carbocycles. The number of Topliss-reactive ketones (excluding diaryl/α,β-unsaturated/α-hetero) is 1. The van der Waals surface area contributed by atoms with Gasteiger partial charge in [-0.2, -0.15) is 0 Å². The highest BCUT2D eigenvalue weighted by Crippen LogP contribution is 2.11. The standard InChI is InChI=1S/C16H30O3/c1-2-3-4-5-6-7-8-9-10-11-12-15(17)13-14-16(18)19/h2-14H2,1H3,(H,18,19). The Labute approximate surface area is 117 Å². The van der Waals surface area contributed by atoms with Crippen molar-refractivity contribution >= 4 is 11.8 Å². The van der Waals surface area contributed by atoms with Crippen molar-refractivity contribution in [3.63, 3.8) is 0 Å². The van der Waals surface area contributed by atoms with Crippen LogP contribution in [-0.4, -0.2) is 16.9 Å². The average molecular weight is 270 g/mol. The molecule has 0 spiro atoms. The lowest BCUT2D eigenvalue weighted by atomic mass is 10.0. The van der Waals surface area contributed by atoms with Gasteiger partial charge >= 0.3 is 5.97 Å². The number of carbonyl (C=O) groups excluding carboxylic acids is 1. The van der Waals surface area contributed by atoms with Crippen LogP contribution in [0, 0.1) is 0 Å². The van der Waals surface area contributed by atoms with E-state index in [0.29, 0.717) is 6.42 Å². The monoisotopic (exact) mass is 270 g/mol. The molecular weight excluding hydrogens is 240 g/mol. The number of carbonyl (C=O) groups is 2. The minimum Gasteiger partial charge on any atom is -0.481 e. The first-order valence-corrected chi connectivity index (χ1v) is 7.90. The van der Waals surface area contributed by atoms with E-state index in [-0.39, 0.29) is 18.6 Å². The second-order valence-electron chi connectivity index (χ2n) is 5.36. The van der Waals surface area contributed by atoms with Gasteiger partial charge in [-0.05, 0) is 6.42 Å². The number of ketones is 1. The van der Waals surface area contributed by atoms with Crippen LogP contribution in [0.4, 0.5) is 0 Å². The molecule has 0 aromatic heterocycles. The Morgan fingerprint density at radius 3 is 1.63 bits per heavy atom. The molecule has 0 heterocycles. The summed E-state index contributed by atoms with van der Waals surface area (Å²) in [6.45, 7) is 2.23. The molecule has 0 aliphatic heterocycles. The molecule has 1 N–H and O–H groups in total. The van der Waals surface area contributed by atoms with Gasteiger partial charge in [-0.25, -0.2) is 0 Å². The summed E-state index contributed by atoms with van der Waals surface area (Å²) in [6.07, 6.45) is 13.3. The first kappa shape index (κ1) is 18.1. The van der Waals surface area contributed by atoms with Gasteiger partial charge in [0, 0.05) is 12.8 Å². The topological polar surface area (TPSA) is 54.4 Å². The maximum atomic E-state index is 11.3. The Kier molecular flexibility index (Phi) is 13.0. The van der Waals surface area contributed by atoms with Gasteiger partial charge in [-0.15, -0.1) is 0 Å². The summed E-state index contributed by atoms with van der Waals surface area (Å²) < 4.78 is 0. The van der Waals surface area contributed by atoms with Crippen LogP contribution in [-0.2, 0) is 9.59 Å². The van der Waals surface area contributed by atoms with E-state index in [0.717, 1.165) is 12.8 Å². The maximum absolute atomic E-state index is 11.3. The second-order valence-corrected chi connectivity index (χ2v) is 5.36. The molecule has 0 saturated heterocycles. The fraction of sp³-hybridized carbons (Fsp3) is 0.875. The third-order valence-electron chi connectivity index (χ3n) is 3.43. The molecule has 0 fully saturated rings. The van der Waals surface area contributed by atoms with Gasteiger partial charge in [0.15, 0.2) is 0 Å². The zero-order chi connectivity index (χ0) is 14.3. The lowest BCUT2D eigenvalue weighted by Gasteiger charge is -2.02. The van der Waals surface area contributed by atoms with E-state index >= 15 is 0 Å². The fourth-order valence-corrected chi connectivity index (χ4v) is 2.18. The summed E-state index contributed by atoms with van der Waals surface area (Å²) in [5, 5.41) is 8.46. The molecule has 0 aliphatic rings. The van der Waals surface area contributed by atoms with Crippen molar-refractivity contribution in [3.05, 3.63) is 0 Å². The lowest BCUT2D eigenvalue weighted by molar-refractivity contribution is -0.138. The van der Waals surface area contributed by atoms with Gasteiger partial charge in [0.2, 0.25) is 0 Å². The van der Waals surface area contributed by atoms with E-state index < -0.39 is 5.97 Å². The lowest BCUT2D eigenvalue weighted by Crippen LogP contribution is -2.02. The van der Waals surface area contributed by atoms with Crippen LogP contribution in [0.5, 0.6) is 0 Å². The van der Waals surface area contributed by atoms with Crippen molar-refractivity contribution in [3.8, 4) is 0 Å². The van der Waals surface area contributed by atoms with Crippen LogP contribution in [0.25, 0.3) is 0 Å². The molecule has 0 aromatic rings. The molecule has 0 unspecified atom stereocenters. The smallest absolute Gasteiger partial charge is 0.303 e. The second kappa shape index (κ2) is 13.6. The Morgan fingerprint density at radius 2 is 1.16 bits per heavy atom. The number of carboxylic acid groups (broad SMARTS) is 1. The van der Waals surface area contributed by atoms with Crippen LogP contribution in [0.15, 0.2) is 0 Å². The highest BCUT2D eigenvalue weighted by Gasteiger charge is 2.04. The molecule has 0 atom stereocenters. The van der Waals surface area contributed by atoms with E-state index in [1.807, 2.05) is 0 Å². The van der Waals surface area contributed by atoms with Crippen molar-refractivity contribution in [2.75, 3.05) is 0 Å². The summed E-state index contributed by atoms with van der Waals surface area (Å²) in [4.78, 5) is 21.6. The SMILES string of the molecule is CCCCCCCCCCCCC(=O)CCC(=O)O. The number of hydrogen-bond donors (Lipinski definition) is 1. The van der Waals surface area contributed by atoms with Gasteiger partial charge in [0.25, 0.3) is 0 Å². The summed E-state index contributed by atoms with van der Waals surface area (Å²) in [6, 6.07) is 0. The van der Waals surface area contributed by atoms with E-state index in [9.17, 15) is 9.59 Å². The Hall–Kier alpha value is -0.860. The molecule has 19 heavy (non-hydrogen) atoms. The Bertz CT molecular complexity index is 236. The van der Waals surface area contributed by atoms with Crippen LogP contribution < -0.4 is 0 Å². The van der Waals surface area contributed by atoms with Gasteiger partial charge in [-0.3, -0.25) is 9.59 Å². The third kappa shape index (κ3) is 15.1. The molecule has 3 heteroatoms. The van der Waals surface area contributed by atoms with Crippen LogP contribution >= 0.6 is 0 Å². The molecular formula is C16H30O3. The molecule has 0 aromatic carbocycles. The Balaban J connectivity index is 3.13. The number of aliphatic carboxylic acids is 1. The van der Waals surface area contributed by atoms with Crippen molar-refractivity contribution in [2.24, 2.45) is 0 Å². The van der Waals surface area contributed by atoms with E-state index in [1.165, 1.54) is 51.4 Å². The summed E-state index contributed by atoms with van der Waals surface area (Å²) in [5.41, 5.74) is 0. The molecule has 0 radical (unpaired) electrons. The summed E-state index contributed by atoms with van der Waals surface area (Å²) >= 11 is 0. The van der Waals surface area contributed by atoms with Gasteiger partial charge < -0.3 is 5.11 Å². The predicted molar refractivity (Wildman–Crippen MR) is 78.3 cm³/mol. The summed E-state index contributed by atoms with van der Waals surface area (Å²) in [7, 11) is 0. The molecule has 0 amide bonds. The zero-order valence-corrected chi connectivity index (χ0v) is 12.5. The van der Waals surface area contributed by atoms with Crippen molar-refractivity contribution < 1.29 is 14.7 Å².